The summed E-state index contributed by atoms with van der Waals surface area (Å²) in [5.74, 6) is 0. The topological polar surface area (TPSA) is 50.8 Å². The van der Waals surface area contributed by atoms with Gasteiger partial charge in [0.2, 0.25) is 0 Å². The fraction of sp³-hybridized carbons (Fsp3) is 0.650. The Balaban J connectivity index is 1.54. The Hall–Kier alpha value is -1.59. The molecule has 138 valence electrons. The van der Waals surface area contributed by atoms with E-state index in [9.17, 15) is 4.79 Å². The third-order valence-corrected chi connectivity index (χ3v) is 5.57. The summed E-state index contributed by atoms with van der Waals surface area (Å²) in [6, 6.07) is 6.01. The molecule has 1 aromatic carbocycles. The van der Waals surface area contributed by atoms with Gasteiger partial charge in [-0.05, 0) is 63.3 Å². The molecule has 0 aromatic heterocycles. The molecule has 1 atom stereocenters. The van der Waals surface area contributed by atoms with Crippen molar-refractivity contribution in [3.63, 3.8) is 0 Å². The monoisotopic (exact) mass is 346 g/mol. The lowest BCUT2D eigenvalue weighted by Gasteiger charge is -2.45. The number of nitrogens with one attached hydrogen (secondary N) is 1. The summed E-state index contributed by atoms with van der Waals surface area (Å²) in [5.41, 5.74) is 3.18. The molecule has 2 saturated heterocycles. The first-order valence-corrected chi connectivity index (χ1v) is 9.40. The average molecular weight is 346 g/mol. The van der Waals surface area contributed by atoms with Gasteiger partial charge in [0.25, 0.3) is 0 Å². The molecule has 2 heterocycles. The van der Waals surface area contributed by atoms with Gasteiger partial charge in [-0.15, -0.1) is 0 Å². The molecule has 0 saturated carbocycles. The number of hydrogen-bond donors (Lipinski definition) is 1. The highest BCUT2D eigenvalue weighted by Crippen LogP contribution is 2.36. The van der Waals surface area contributed by atoms with Crippen LogP contribution >= 0.6 is 0 Å². The summed E-state index contributed by atoms with van der Waals surface area (Å²) in [5, 5.41) is 3.02. The third-order valence-electron chi connectivity index (χ3n) is 5.57. The summed E-state index contributed by atoms with van der Waals surface area (Å²) in [7, 11) is 0. The minimum Gasteiger partial charge on any atom is -0.378 e. The van der Waals surface area contributed by atoms with Crippen LogP contribution in [0.25, 0.3) is 0 Å². The summed E-state index contributed by atoms with van der Waals surface area (Å²) >= 11 is 0. The van der Waals surface area contributed by atoms with Gasteiger partial charge in [0.1, 0.15) is 0 Å². The number of carbonyl (C=O) groups excluding carboxylic acids is 1. The zero-order valence-corrected chi connectivity index (χ0v) is 15.6. The van der Waals surface area contributed by atoms with Crippen molar-refractivity contribution >= 4 is 11.7 Å². The maximum Gasteiger partial charge on any atom is 0.321 e. The number of urea groups is 1. The van der Waals surface area contributed by atoms with E-state index in [-0.39, 0.29) is 11.6 Å². The van der Waals surface area contributed by atoms with E-state index in [2.05, 4.69) is 19.2 Å². The van der Waals surface area contributed by atoms with Crippen LogP contribution in [0.15, 0.2) is 18.2 Å². The quantitative estimate of drug-likeness (QED) is 0.903. The van der Waals surface area contributed by atoms with Crippen molar-refractivity contribution in [1.29, 1.82) is 0 Å². The normalized spacial score (nSPS) is 22.8. The van der Waals surface area contributed by atoms with Crippen molar-refractivity contribution < 1.29 is 14.3 Å². The van der Waals surface area contributed by atoms with Crippen LogP contribution in [0.4, 0.5) is 10.5 Å². The zero-order chi connectivity index (χ0) is 17.9. The molecular weight excluding hydrogens is 316 g/mol. The number of likely N-dealkylation sites (tertiary alicyclic amines) is 1. The highest BCUT2D eigenvalue weighted by molar-refractivity contribution is 5.89. The Bertz CT molecular complexity index is 607. The molecule has 2 amide bonds. The molecule has 2 fully saturated rings. The Kier molecular flexibility index (Phi) is 5.64. The van der Waals surface area contributed by atoms with Crippen LogP contribution in [0, 0.1) is 13.8 Å². The van der Waals surface area contributed by atoms with E-state index in [1.807, 2.05) is 30.0 Å². The van der Waals surface area contributed by atoms with E-state index < -0.39 is 0 Å². The molecule has 3 rings (SSSR count). The SMILES string of the molecule is CCOC1CCOC2(CCN(C(=O)Nc3ccc(C)c(C)c3)CC2)C1. The van der Waals surface area contributed by atoms with E-state index in [0.717, 1.165) is 57.7 Å². The standard InChI is InChI=1S/C20H30N2O3/c1-4-24-18-7-12-25-20(14-18)8-10-22(11-9-20)19(23)21-17-6-5-15(2)16(3)13-17/h5-6,13,18H,4,7-12,14H2,1-3H3,(H,21,23). The van der Waals surface area contributed by atoms with Crippen molar-refractivity contribution in [2.24, 2.45) is 0 Å². The molecule has 1 aromatic rings. The number of aryl methyl sites for hydroxylation is 2. The van der Waals surface area contributed by atoms with Crippen LogP contribution in [0.2, 0.25) is 0 Å². The second kappa shape index (κ2) is 7.75. The predicted molar refractivity (Wildman–Crippen MR) is 99.1 cm³/mol. The highest BCUT2D eigenvalue weighted by atomic mass is 16.5. The third kappa shape index (κ3) is 4.33. The molecule has 1 spiro atoms. The van der Waals surface area contributed by atoms with Crippen LogP contribution in [0.3, 0.4) is 0 Å². The van der Waals surface area contributed by atoms with Gasteiger partial charge in [0.15, 0.2) is 0 Å². The van der Waals surface area contributed by atoms with Gasteiger partial charge in [-0.25, -0.2) is 4.79 Å². The fourth-order valence-electron chi connectivity index (χ4n) is 3.85. The number of ether oxygens (including phenoxy) is 2. The fourth-order valence-corrected chi connectivity index (χ4v) is 3.85. The van der Waals surface area contributed by atoms with Gasteiger partial charge in [-0.3, -0.25) is 0 Å². The molecule has 5 heteroatoms. The number of anilines is 1. The highest BCUT2D eigenvalue weighted by Gasteiger charge is 2.41. The van der Waals surface area contributed by atoms with Gasteiger partial charge in [-0.2, -0.15) is 0 Å². The largest absolute Gasteiger partial charge is 0.378 e. The molecule has 0 radical (unpaired) electrons. The molecule has 1 unspecified atom stereocenters. The molecule has 0 bridgehead atoms. The number of piperidine rings is 1. The van der Waals surface area contributed by atoms with Crippen molar-refractivity contribution in [3.05, 3.63) is 29.3 Å². The van der Waals surface area contributed by atoms with E-state index >= 15 is 0 Å². The second-order valence-corrected chi connectivity index (χ2v) is 7.32. The lowest BCUT2D eigenvalue weighted by Crippen LogP contribution is -2.52. The lowest BCUT2D eigenvalue weighted by molar-refractivity contribution is -0.150. The molecule has 0 aliphatic carbocycles. The van der Waals surface area contributed by atoms with Gasteiger partial charge < -0.3 is 19.7 Å². The Labute approximate surface area is 150 Å². The Morgan fingerprint density at radius 1 is 1.32 bits per heavy atom. The second-order valence-electron chi connectivity index (χ2n) is 7.32. The maximum atomic E-state index is 12.6. The van der Waals surface area contributed by atoms with Crippen LogP contribution < -0.4 is 5.32 Å². The van der Waals surface area contributed by atoms with Gasteiger partial charge >= 0.3 is 6.03 Å². The number of carbonyl (C=O) groups is 1. The van der Waals surface area contributed by atoms with E-state index in [0.29, 0.717) is 6.10 Å². The smallest absolute Gasteiger partial charge is 0.321 e. The lowest BCUT2D eigenvalue weighted by atomic mass is 9.83. The maximum absolute atomic E-state index is 12.6. The van der Waals surface area contributed by atoms with Gasteiger partial charge in [-0.1, -0.05) is 6.07 Å². The minimum atomic E-state index is -0.102. The Morgan fingerprint density at radius 3 is 2.76 bits per heavy atom. The first kappa shape index (κ1) is 18.2. The first-order chi connectivity index (χ1) is 12.0. The molecular formula is C20H30N2O3. The van der Waals surface area contributed by atoms with Gasteiger partial charge in [0.05, 0.1) is 11.7 Å². The summed E-state index contributed by atoms with van der Waals surface area (Å²) in [4.78, 5) is 14.4. The van der Waals surface area contributed by atoms with E-state index in [1.54, 1.807) is 0 Å². The summed E-state index contributed by atoms with van der Waals surface area (Å²) in [6.45, 7) is 9.16. The van der Waals surface area contributed by atoms with Crippen LogP contribution in [-0.4, -0.2) is 48.9 Å². The molecule has 2 aliphatic rings. The number of benzene rings is 1. The first-order valence-electron chi connectivity index (χ1n) is 9.40. The van der Waals surface area contributed by atoms with Crippen molar-refractivity contribution in [2.75, 3.05) is 31.6 Å². The zero-order valence-electron chi connectivity index (χ0n) is 15.6. The number of hydrogen-bond acceptors (Lipinski definition) is 3. The molecule has 1 N–H and O–H groups in total. The predicted octanol–water partition coefficient (Wildman–Crippen LogP) is 3.89. The van der Waals surface area contributed by atoms with Crippen molar-refractivity contribution in [1.82, 2.24) is 4.90 Å². The van der Waals surface area contributed by atoms with E-state index in [1.165, 1.54) is 11.1 Å². The average Bonchev–Trinajstić information content (AvgIpc) is 2.59. The summed E-state index contributed by atoms with van der Waals surface area (Å²) < 4.78 is 11.9. The van der Waals surface area contributed by atoms with E-state index in [4.69, 9.17) is 9.47 Å². The number of rotatable bonds is 3. The van der Waals surface area contributed by atoms with Gasteiger partial charge in [0, 0.05) is 38.4 Å². The van der Waals surface area contributed by atoms with Crippen LogP contribution in [0.1, 0.15) is 43.7 Å². The van der Waals surface area contributed by atoms with Crippen LogP contribution in [-0.2, 0) is 9.47 Å². The minimum absolute atomic E-state index is 0.0183. The van der Waals surface area contributed by atoms with Crippen LogP contribution in [0.5, 0.6) is 0 Å². The van der Waals surface area contributed by atoms with Crippen molar-refractivity contribution in [3.8, 4) is 0 Å². The molecule has 25 heavy (non-hydrogen) atoms. The molecule has 2 aliphatic heterocycles. The van der Waals surface area contributed by atoms with Crippen molar-refractivity contribution in [2.45, 2.75) is 58.2 Å². The summed E-state index contributed by atoms with van der Waals surface area (Å²) in [6.07, 6.45) is 4.00. The number of amides is 2. The molecule has 5 nitrogen and oxygen atoms in total. The number of nitrogens with zero attached hydrogens (tertiary/aromatic N) is 1. The Morgan fingerprint density at radius 2 is 2.08 bits per heavy atom.